The van der Waals surface area contributed by atoms with Gasteiger partial charge in [-0.2, -0.15) is 0 Å². The fourth-order valence-electron chi connectivity index (χ4n) is 1.14. The Balaban J connectivity index is 2.82. The minimum absolute atomic E-state index is 0.0865. The first-order chi connectivity index (χ1) is 8.38. The molecule has 0 bridgehead atoms. The SMILES string of the molecule is COC(=O)c1ccccc1O[Si]C(C)(C)C(C)C. The maximum absolute atomic E-state index is 11.6. The molecule has 0 aromatic heterocycles. The maximum Gasteiger partial charge on any atom is 0.341 e. The highest BCUT2D eigenvalue weighted by Crippen LogP contribution is 2.33. The van der Waals surface area contributed by atoms with Gasteiger partial charge in [0.1, 0.15) is 11.3 Å². The van der Waals surface area contributed by atoms with Crippen molar-refractivity contribution in [3.05, 3.63) is 29.8 Å². The predicted octanol–water partition coefficient (Wildman–Crippen LogP) is 3.33. The van der Waals surface area contributed by atoms with Crippen LogP contribution in [0.3, 0.4) is 0 Å². The molecule has 18 heavy (non-hydrogen) atoms. The summed E-state index contributed by atoms with van der Waals surface area (Å²) in [6.07, 6.45) is 0. The topological polar surface area (TPSA) is 35.5 Å². The third kappa shape index (κ3) is 3.60. The molecule has 1 rings (SSSR count). The molecule has 98 valence electrons. The number of ether oxygens (including phenoxy) is 1. The van der Waals surface area contributed by atoms with Gasteiger partial charge in [-0.1, -0.05) is 39.8 Å². The molecule has 3 nitrogen and oxygen atoms in total. The monoisotopic (exact) mass is 264 g/mol. The van der Waals surface area contributed by atoms with E-state index in [1.54, 1.807) is 18.2 Å². The average molecular weight is 264 g/mol. The van der Waals surface area contributed by atoms with E-state index in [-0.39, 0.29) is 11.0 Å². The van der Waals surface area contributed by atoms with Crippen LogP contribution in [0.15, 0.2) is 24.3 Å². The molecule has 0 saturated heterocycles. The number of rotatable bonds is 5. The summed E-state index contributed by atoms with van der Waals surface area (Å²) in [7, 11) is 1.67. The first-order valence-corrected chi connectivity index (χ1v) is 6.90. The molecule has 0 heterocycles. The first-order valence-electron chi connectivity index (χ1n) is 6.00. The Kier molecular flexibility index (Phi) is 4.96. The molecule has 1 aromatic carbocycles. The van der Waals surface area contributed by atoms with E-state index >= 15 is 0 Å². The fourth-order valence-corrected chi connectivity index (χ4v) is 1.93. The van der Waals surface area contributed by atoms with E-state index in [0.717, 1.165) is 0 Å². The zero-order valence-electron chi connectivity index (χ0n) is 11.6. The predicted molar refractivity (Wildman–Crippen MR) is 73.0 cm³/mol. The van der Waals surface area contributed by atoms with Gasteiger partial charge in [-0.05, 0) is 23.1 Å². The summed E-state index contributed by atoms with van der Waals surface area (Å²) in [5, 5.41) is 0.0865. The summed E-state index contributed by atoms with van der Waals surface area (Å²) in [5.74, 6) is 0.746. The van der Waals surface area contributed by atoms with Crippen molar-refractivity contribution in [2.45, 2.75) is 32.7 Å². The zero-order chi connectivity index (χ0) is 13.8. The second kappa shape index (κ2) is 6.04. The minimum atomic E-state index is -0.363. The van der Waals surface area contributed by atoms with E-state index in [1.807, 2.05) is 6.07 Å². The molecule has 0 fully saturated rings. The van der Waals surface area contributed by atoms with Crippen LogP contribution in [-0.2, 0) is 4.74 Å². The van der Waals surface area contributed by atoms with E-state index in [4.69, 9.17) is 9.16 Å². The molecule has 0 N–H and O–H groups in total. The number of carbonyl (C=O) groups excluding carboxylic acids is 1. The summed E-state index contributed by atoms with van der Waals surface area (Å²) in [5.41, 5.74) is 0.479. The van der Waals surface area contributed by atoms with E-state index in [1.165, 1.54) is 7.11 Å². The molecule has 0 aliphatic carbocycles. The Labute approximate surface area is 111 Å². The number of hydrogen-bond acceptors (Lipinski definition) is 3. The summed E-state index contributed by atoms with van der Waals surface area (Å²) in [6, 6.07) is 7.17. The van der Waals surface area contributed by atoms with Crippen molar-refractivity contribution in [2.24, 2.45) is 5.92 Å². The quantitative estimate of drug-likeness (QED) is 0.604. The minimum Gasteiger partial charge on any atom is -0.540 e. The lowest BCUT2D eigenvalue weighted by Gasteiger charge is -2.27. The van der Waals surface area contributed by atoms with Crippen molar-refractivity contribution in [1.82, 2.24) is 0 Å². The molecule has 0 spiro atoms. The molecule has 0 saturated carbocycles. The number of carbonyl (C=O) groups is 1. The van der Waals surface area contributed by atoms with Gasteiger partial charge in [0.15, 0.2) is 0 Å². The summed E-state index contributed by atoms with van der Waals surface area (Å²) in [6.45, 7) is 8.67. The number of hydrogen-bond donors (Lipinski definition) is 0. The third-order valence-electron chi connectivity index (χ3n) is 3.16. The van der Waals surface area contributed by atoms with Crippen LogP contribution in [-0.4, -0.2) is 22.8 Å². The molecule has 0 atom stereocenters. The van der Waals surface area contributed by atoms with E-state index in [2.05, 4.69) is 27.7 Å². The molecule has 4 heteroatoms. The van der Waals surface area contributed by atoms with Gasteiger partial charge in [0.25, 0.3) is 0 Å². The van der Waals surface area contributed by atoms with Crippen LogP contribution in [0.25, 0.3) is 0 Å². The van der Waals surface area contributed by atoms with Gasteiger partial charge < -0.3 is 9.16 Å². The highest BCUT2D eigenvalue weighted by molar-refractivity contribution is 6.33. The zero-order valence-corrected chi connectivity index (χ0v) is 12.6. The van der Waals surface area contributed by atoms with Gasteiger partial charge in [-0.25, -0.2) is 4.79 Å². The van der Waals surface area contributed by atoms with Gasteiger partial charge >= 0.3 is 15.7 Å². The van der Waals surface area contributed by atoms with Crippen LogP contribution in [0.1, 0.15) is 38.1 Å². The van der Waals surface area contributed by atoms with Gasteiger partial charge in [0.2, 0.25) is 0 Å². The van der Waals surface area contributed by atoms with Gasteiger partial charge in [0, 0.05) is 0 Å². The standard InChI is InChI=1S/C14H20O3Si/c1-10(2)14(3,4)18-17-12-9-7-6-8-11(12)13(15)16-5/h6-10H,1-5H3. The first kappa shape index (κ1) is 14.8. The molecule has 0 aliphatic heterocycles. The van der Waals surface area contributed by atoms with Gasteiger partial charge in [0.05, 0.1) is 7.11 Å². The van der Waals surface area contributed by atoms with E-state index in [9.17, 15) is 4.79 Å². The Morgan fingerprint density at radius 3 is 2.44 bits per heavy atom. The lowest BCUT2D eigenvalue weighted by Crippen LogP contribution is -2.24. The molecule has 2 radical (unpaired) electrons. The normalized spacial score (nSPS) is 11.4. The number of para-hydroxylation sites is 1. The van der Waals surface area contributed by atoms with Crippen molar-refractivity contribution in [1.29, 1.82) is 0 Å². The third-order valence-corrected chi connectivity index (χ3v) is 4.59. The Hall–Kier alpha value is -1.29. The highest BCUT2D eigenvalue weighted by atomic mass is 28.2. The van der Waals surface area contributed by atoms with Crippen molar-refractivity contribution in [3.8, 4) is 5.75 Å². The molecule has 0 aliphatic rings. The summed E-state index contributed by atoms with van der Waals surface area (Å²) in [4.78, 5) is 11.6. The van der Waals surface area contributed by atoms with E-state index < -0.39 is 0 Å². The molecule has 0 unspecified atom stereocenters. The van der Waals surface area contributed by atoms with Crippen LogP contribution in [0.4, 0.5) is 0 Å². The Morgan fingerprint density at radius 2 is 1.89 bits per heavy atom. The van der Waals surface area contributed by atoms with Crippen LogP contribution >= 0.6 is 0 Å². The molecule has 0 amide bonds. The summed E-state index contributed by atoms with van der Waals surface area (Å²) >= 11 is 0. The van der Waals surface area contributed by atoms with Crippen molar-refractivity contribution >= 4 is 15.7 Å². The van der Waals surface area contributed by atoms with E-state index in [0.29, 0.717) is 27.0 Å². The van der Waals surface area contributed by atoms with Crippen LogP contribution in [0, 0.1) is 5.92 Å². The largest absolute Gasteiger partial charge is 0.540 e. The smallest absolute Gasteiger partial charge is 0.341 e. The van der Waals surface area contributed by atoms with Crippen LogP contribution < -0.4 is 4.43 Å². The van der Waals surface area contributed by atoms with Crippen LogP contribution in [0.5, 0.6) is 5.75 Å². The Bertz CT molecular complexity index is 413. The second-order valence-corrected chi connectivity index (χ2v) is 6.77. The second-order valence-electron chi connectivity index (χ2n) is 5.07. The van der Waals surface area contributed by atoms with Gasteiger partial charge in [-0.3, -0.25) is 0 Å². The van der Waals surface area contributed by atoms with Crippen LogP contribution in [0.2, 0.25) is 5.04 Å². The van der Waals surface area contributed by atoms with Crippen molar-refractivity contribution in [2.75, 3.05) is 7.11 Å². The lowest BCUT2D eigenvalue weighted by molar-refractivity contribution is 0.0598. The summed E-state index contributed by atoms with van der Waals surface area (Å²) < 4.78 is 10.6. The highest BCUT2D eigenvalue weighted by Gasteiger charge is 2.27. The molecular formula is C14H20O3Si. The number of methoxy groups -OCH3 is 1. The van der Waals surface area contributed by atoms with Crippen molar-refractivity contribution < 1.29 is 14.0 Å². The molecular weight excluding hydrogens is 244 g/mol. The maximum atomic E-state index is 11.6. The molecule has 1 aromatic rings. The number of esters is 1. The average Bonchev–Trinajstić information content (AvgIpc) is 2.35. The Morgan fingerprint density at radius 1 is 1.28 bits per heavy atom. The number of benzene rings is 1. The lowest BCUT2D eigenvalue weighted by atomic mass is 9.99. The fraction of sp³-hybridized carbons (Fsp3) is 0.500. The van der Waals surface area contributed by atoms with Crippen molar-refractivity contribution in [3.63, 3.8) is 0 Å². The van der Waals surface area contributed by atoms with Gasteiger partial charge in [-0.15, -0.1) is 0 Å².